The summed E-state index contributed by atoms with van der Waals surface area (Å²) < 4.78 is 2.00. The number of imidazole rings is 1. The third-order valence-electron chi connectivity index (χ3n) is 3.41. The molecule has 1 N–H and O–H groups in total. The Balaban J connectivity index is 2.63. The van der Waals surface area contributed by atoms with Crippen LogP contribution in [-0.2, 0) is 5.54 Å². The molecular formula is C16H22N2O2. The van der Waals surface area contributed by atoms with E-state index in [1.165, 1.54) is 0 Å². The highest BCUT2D eigenvalue weighted by molar-refractivity contribution is 6.01. The standard InChI is InChI=1S/C16H22N2O2/c1-15(2,3)9-16(4,5)18-10-17-12-8-6-7-11(13(12)18)14(19)20/h6-8,10H,9H2,1-5H3,(H,19,20). The molecule has 0 saturated carbocycles. The molecule has 0 amide bonds. The molecule has 0 atom stereocenters. The zero-order chi connectivity index (χ0) is 15.1. The molecule has 1 aromatic heterocycles. The molecule has 0 aliphatic heterocycles. The Morgan fingerprint density at radius 3 is 2.45 bits per heavy atom. The number of carbonyl (C=O) groups is 1. The van der Waals surface area contributed by atoms with Gasteiger partial charge in [0.2, 0.25) is 0 Å². The normalized spacial score (nSPS) is 12.8. The van der Waals surface area contributed by atoms with Gasteiger partial charge in [-0.15, -0.1) is 0 Å². The van der Waals surface area contributed by atoms with Crippen molar-refractivity contribution in [1.29, 1.82) is 0 Å². The highest BCUT2D eigenvalue weighted by atomic mass is 16.4. The third kappa shape index (κ3) is 2.69. The Kier molecular flexibility index (Phi) is 3.36. The summed E-state index contributed by atoms with van der Waals surface area (Å²) in [6.45, 7) is 10.8. The maximum atomic E-state index is 11.4. The van der Waals surface area contributed by atoms with Gasteiger partial charge in [-0.05, 0) is 37.8 Å². The number of rotatable bonds is 3. The van der Waals surface area contributed by atoms with Gasteiger partial charge in [0.05, 0.1) is 22.9 Å². The third-order valence-corrected chi connectivity index (χ3v) is 3.41. The first-order chi connectivity index (χ1) is 9.12. The molecule has 2 aromatic rings. The number of carboxylic acid groups (broad SMARTS) is 1. The summed E-state index contributed by atoms with van der Waals surface area (Å²) in [5, 5.41) is 9.38. The molecule has 0 radical (unpaired) electrons. The molecule has 0 aliphatic rings. The highest BCUT2D eigenvalue weighted by Gasteiger charge is 2.29. The molecule has 0 fully saturated rings. The van der Waals surface area contributed by atoms with Crippen molar-refractivity contribution >= 4 is 17.0 Å². The molecule has 4 heteroatoms. The number of nitrogens with zero attached hydrogens (tertiary/aromatic N) is 2. The molecule has 0 unspecified atom stereocenters. The van der Waals surface area contributed by atoms with Crippen LogP contribution in [0.1, 0.15) is 51.4 Å². The summed E-state index contributed by atoms with van der Waals surface area (Å²) in [5.41, 5.74) is 1.69. The number of carboxylic acids is 1. The second-order valence-electron chi connectivity index (χ2n) is 7.14. The highest BCUT2D eigenvalue weighted by Crippen LogP contribution is 2.35. The first-order valence-electron chi connectivity index (χ1n) is 6.82. The minimum absolute atomic E-state index is 0.151. The lowest BCUT2D eigenvalue weighted by molar-refractivity contribution is 0.0698. The van der Waals surface area contributed by atoms with Crippen molar-refractivity contribution in [1.82, 2.24) is 9.55 Å². The molecule has 0 bridgehead atoms. The summed E-state index contributed by atoms with van der Waals surface area (Å²) in [6, 6.07) is 5.22. The van der Waals surface area contributed by atoms with Crippen molar-refractivity contribution in [2.75, 3.05) is 0 Å². The number of aromatic carboxylic acids is 1. The lowest BCUT2D eigenvalue weighted by Gasteiger charge is -2.34. The SMILES string of the molecule is CC(C)(C)CC(C)(C)n1cnc2cccc(C(=O)O)c21. The van der Waals surface area contributed by atoms with Crippen LogP contribution in [0.15, 0.2) is 24.5 Å². The van der Waals surface area contributed by atoms with Gasteiger partial charge in [0.1, 0.15) is 0 Å². The number of hydrogen-bond donors (Lipinski definition) is 1. The van der Waals surface area contributed by atoms with Crippen molar-refractivity contribution in [3.8, 4) is 0 Å². The molecule has 4 nitrogen and oxygen atoms in total. The molecular weight excluding hydrogens is 252 g/mol. The van der Waals surface area contributed by atoms with E-state index in [1.807, 2.05) is 10.6 Å². The Bertz CT molecular complexity index is 648. The molecule has 108 valence electrons. The van der Waals surface area contributed by atoms with E-state index in [9.17, 15) is 9.90 Å². The summed E-state index contributed by atoms with van der Waals surface area (Å²) in [5.74, 6) is -0.913. The predicted molar refractivity (Wildman–Crippen MR) is 80.1 cm³/mol. The fraction of sp³-hybridized carbons (Fsp3) is 0.500. The molecule has 0 saturated heterocycles. The van der Waals surface area contributed by atoms with Crippen molar-refractivity contribution in [2.24, 2.45) is 5.41 Å². The van der Waals surface area contributed by atoms with Crippen LogP contribution in [0.4, 0.5) is 0 Å². The molecule has 1 aromatic carbocycles. The Morgan fingerprint density at radius 2 is 1.90 bits per heavy atom. The maximum Gasteiger partial charge on any atom is 0.337 e. The van der Waals surface area contributed by atoms with Gasteiger partial charge >= 0.3 is 5.97 Å². The van der Waals surface area contributed by atoms with Crippen molar-refractivity contribution in [3.63, 3.8) is 0 Å². The topological polar surface area (TPSA) is 55.1 Å². The number of hydrogen-bond acceptors (Lipinski definition) is 2. The van der Waals surface area contributed by atoms with Crippen molar-refractivity contribution in [3.05, 3.63) is 30.1 Å². The van der Waals surface area contributed by atoms with Crippen LogP contribution in [0, 0.1) is 5.41 Å². The van der Waals surface area contributed by atoms with Crippen molar-refractivity contribution < 1.29 is 9.90 Å². The van der Waals surface area contributed by atoms with Crippen LogP contribution in [0.3, 0.4) is 0 Å². The summed E-state index contributed by atoms with van der Waals surface area (Å²) in [6.07, 6.45) is 2.68. The second kappa shape index (κ2) is 4.62. The van der Waals surface area contributed by atoms with Gasteiger partial charge in [0, 0.05) is 5.54 Å². The molecule has 0 aliphatic carbocycles. The van der Waals surface area contributed by atoms with Gasteiger partial charge in [-0.2, -0.15) is 0 Å². The van der Waals surface area contributed by atoms with E-state index in [2.05, 4.69) is 39.6 Å². The van der Waals surface area contributed by atoms with Gasteiger partial charge in [0.15, 0.2) is 0 Å². The molecule has 20 heavy (non-hydrogen) atoms. The average molecular weight is 274 g/mol. The predicted octanol–water partition coefficient (Wildman–Crippen LogP) is 3.91. The first kappa shape index (κ1) is 14.6. The Hall–Kier alpha value is -1.84. The van der Waals surface area contributed by atoms with Gasteiger partial charge < -0.3 is 9.67 Å². The second-order valence-corrected chi connectivity index (χ2v) is 7.14. The molecule has 2 rings (SSSR count). The minimum atomic E-state index is -0.913. The van der Waals surface area contributed by atoms with Crippen LogP contribution >= 0.6 is 0 Å². The fourth-order valence-electron chi connectivity index (χ4n) is 3.08. The average Bonchev–Trinajstić information content (AvgIpc) is 2.69. The molecule has 1 heterocycles. The number of para-hydroxylation sites is 1. The summed E-state index contributed by atoms with van der Waals surface area (Å²) in [4.78, 5) is 15.8. The van der Waals surface area contributed by atoms with Gasteiger partial charge in [-0.25, -0.2) is 9.78 Å². The monoisotopic (exact) mass is 274 g/mol. The van der Waals surface area contributed by atoms with E-state index < -0.39 is 5.97 Å². The van der Waals surface area contributed by atoms with E-state index in [-0.39, 0.29) is 11.0 Å². The summed E-state index contributed by atoms with van der Waals surface area (Å²) in [7, 11) is 0. The van der Waals surface area contributed by atoms with Crippen LogP contribution in [0.5, 0.6) is 0 Å². The zero-order valence-corrected chi connectivity index (χ0v) is 12.8. The smallest absolute Gasteiger partial charge is 0.337 e. The van der Waals surface area contributed by atoms with Crippen LogP contribution in [-0.4, -0.2) is 20.6 Å². The van der Waals surface area contributed by atoms with Gasteiger partial charge in [0.25, 0.3) is 0 Å². The van der Waals surface area contributed by atoms with Crippen LogP contribution < -0.4 is 0 Å². The Labute approximate surface area is 119 Å². The number of benzene rings is 1. The number of aromatic nitrogens is 2. The maximum absolute atomic E-state index is 11.4. The summed E-state index contributed by atoms with van der Waals surface area (Å²) >= 11 is 0. The van der Waals surface area contributed by atoms with Gasteiger partial charge in [-0.1, -0.05) is 26.8 Å². The van der Waals surface area contributed by atoms with E-state index in [1.54, 1.807) is 18.5 Å². The lowest BCUT2D eigenvalue weighted by Crippen LogP contribution is -2.31. The minimum Gasteiger partial charge on any atom is -0.478 e. The Morgan fingerprint density at radius 1 is 1.25 bits per heavy atom. The lowest BCUT2D eigenvalue weighted by atomic mass is 9.81. The van der Waals surface area contributed by atoms with Crippen LogP contribution in [0.25, 0.3) is 11.0 Å². The van der Waals surface area contributed by atoms with E-state index >= 15 is 0 Å². The van der Waals surface area contributed by atoms with Crippen LogP contribution in [0.2, 0.25) is 0 Å². The fourth-order valence-corrected chi connectivity index (χ4v) is 3.08. The first-order valence-corrected chi connectivity index (χ1v) is 6.82. The van der Waals surface area contributed by atoms with E-state index in [0.717, 1.165) is 11.9 Å². The zero-order valence-electron chi connectivity index (χ0n) is 12.8. The van der Waals surface area contributed by atoms with E-state index in [0.29, 0.717) is 11.1 Å². The quantitative estimate of drug-likeness (QED) is 0.923. The van der Waals surface area contributed by atoms with E-state index in [4.69, 9.17) is 0 Å². The largest absolute Gasteiger partial charge is 0.478 e. The number of fused-ring (bicyclic) bond motifs is 1. The molecule has 0 spiro atoms. The van der Waals surface area contributed by atoms with Crippen molar-refractivity contribution in [2.45, 2.75) is 46.6 Å². The van der Waals surface area contributed by atoms with Gasteiger partial charge in [-0.3, -0.25) is 0 Å².